The molecule has 0 amide bonds. The molecule has 0 spiro atoms. The summed E-state index contributed by atoms with van der Waals surface area (Å²) < 4.78 is 13.1. The van der Waals surface area contributed by atoms with Gasteiger partial charge in [-0.15, -0.1) is 0 Å². The van der Waals surface area contributed by atoms with Gasteiger partial charge >= 0.3 is 11.9 Å². The Morgan fingerprint density at radius 2 is 1.43 bits per heavy atom. The summed E-state index contributed by atoms with van der Waals surface area (Å²) in [7, 11) is 0. The van der Waals surface area contributed by atoms with Crippen LogP contribution in [0.25, 0.3) is 0 Å². The van der Waals surface area contributed by atoms with Crippen molar-refractivity contribution in [1.82, 2.24) is 0 Å². The van der Waals surface area contributed by atoms with Gasteiger partial charge in [-0.05, 0) is 23.3 Å². The number of carbonyl (C=O) groups is 2. The average Bonchev–Trinajstić information content (AvgIpc) is 2.46. The lowest BCUT2D eigenvalue weighted by molar-refractivity contribution is -0.148. The summed E-state index contributed by atoms with van der Waals surface area (Å²) in [5.41, 5.74) is -1.18. The molecule has 1 atom stereocenters. The first kappa shape index (κ1) is 14.7. The van der Waals surface area contributed by atoms with Crippen LogP contribution in [-0.4, -0.2) is 22.2 Å². The van der Waals surface area contributed by atoms with E-state index in [9.17, 15) is 19.1 Å². The molecule has 21 heavy (non-hydrogen) atoms. The number of rotatable bonds is 5. The normalized spacial score (nSPS) is 13.4. The summed E-state index contributed by atoms with van der Waals surface area (Å²) >= 11 is 0. The third-order valence-electron chi connectivity index (χ3n) is 3.39. The van der Waals surface area contributed by atoms with E-state index in [-0.39, 0.29) is 5.56 Å². The summed E-state index contributed by atoms with van der Waals surface area (Å²) in [6, 6.07) is 13.0. The Morgan fingerprint density at radius 3 is 1.90 bits per heavy atom. The number of aliphatic carboxylic acids is 2. The molecule has 2 N–H and O–H groups in total. The number of halogens is 1. The minimum absolute atomic E-state index is 0.227. The number of benzene rings is 2. The van der Waals surface area contributed by atoms with Crippen LogP contribution in [0.1, 0.15) is 17.5 Å². The van der Waals surface area contributed by atoms with Gasteiger partial charge in [0, 0.05) is 0 Å². The highest BCUT2D eigenvalue weighted by atomic mass is 19.1. The van der Waals surface area contributed by atoms with Crippen LogP contribution in [-0.2, 0) is 15.0 Å². The lowest BCUT2D eigenvalue weighted by atomic mass is 9.72. The van der Waals surface area contributed by atoms with Gasteiger partial charge in [-0.2, -0.15) is 0 Å². The van der Waals surface area contributed by atoms with E-state index in [1.165, 1.54) is 12.1 Å². The third kappa shape index (κ3) is 2.76. The molecular formula is C16H13FO4. The standard InChI is InChI=1S/C16H13FO4/c17-13-8-6-12(7-9-13)16(15(20)21,10-14(18)19)11-4-2-1-3-5-11/h1-9H,10H2,(H,18,19)(H,20,21). The highest BCUT2D eigenvalue weighted by molar-refractivity contribution is 5.91. The van der Waals surface area contributed by atoms with Crippen LogP contribution in [0.3, 0.4) is 0 Å². The minimum atomic E-state index is -1.75. The lowest BCUT2D eigenvalue weighted by Crippen LogP contribution is -2.39. The lowest BCUT2D eigenvalue weighted by Gasteiger charge is -2.29. The Labute approximate surface area is 120 Å². The zero-order valence-corrected chi connectivity index (χ0v) is 11.0. The molecule has 0 bridgehead atoms. The Kier molecular flexibility index (Phi) is 4.03. The van der Waals surface area contributed by atoms with E-state index < -0.39 is 29.6 Å². The van der Waals surface area contributed by atoms with E-state index >= 15 is 0 Å². The Bertz CT molecular complexity index is 652. The van der Waals surface area contributed by atoms with Crippen molar-refractivity contribution in [2.45, 2.75) is 11.8 Å². The van der Waals surface area contributed by atoms with Gasteiger partial charge in [0.05, 0.1) is 6.42 Å². The SMILES string of the molecule is O=C(O)CC(C(=O)O)(c1ccccc1)c1ccc(F)cc1. The van der Waals surface area contributed by atoms with Crippen molar-refractivity contribution in [2.24, 2.45) is 0 Å². The number of carboxylic acid groups (broad SMARTS) is 2. The van der Waals surface area contributed by atoms with Crippen molar-refractivity contribution in [3.63, 3.8) is 0 Å². The summed E-state index contributed by atoms with van der Waals surface area (Å²) in [4.78, 5) is 23.1. The van der Waals surface area contributed by atoms with E-state index in [2.05, 4.69) is 0 Å². The molecule has 0 aromatic heterocycles. The fourth-order valence-corrected chi connectivity index (χ4v) is 2.38. The molecule has 2 aromatic rings. The molecule has 5 heteroatoms. The molecule has 0 aliphatic rings. The number of hydrogen-bond donors (Lipinski definition) is 2. The van der Waals surface area contributed by atoms with Crippen LogP contribution in [0.2, 0.25) is 0 Å². The van der Waals surface area contributed by atoms with Crippen molar-refractivity contribution in [3.05, 3.63) is 71.5 Å². The van der Waals surface area contributed by atoms with Gasteiger partial charge in [-0.1, -0.05) is 42.5 Å². The van der Waals surface area contributed by atoms with Gasteiger partial charge < -0.3 is 10.2 Å². The Balaban J connectivity index is 2.70. The van der Waals surface area contributed by atoms with Crippen molar-refractivity contribution in [1.29, 1.82) is 0 Å². The predicted molar refractivity (Wildman–Crippen MR) is 73.5 cm³/mol. The first-order valence-electron chi connectivity index (χ1n) is 6.23. The van der Waals surface area contributed by atoms with Crippen molar-refractivity contribution in [2.75, 3.05) is 0 Å². The van der Waals surface area contributed by atoms with Gasteiger partial charge in [0.15, 0.2) is 0 Å². The molecule has 1 unspecified atom stereocenters. The van der Waals surface area contributed by atoms with Gasteiger partial charge in [0.2, 0.25) is 0 Å². The van der Waals surface area contributed by atoms with Crippen LogP contribution in [0.4, 0.5) is 4.39 Å². The molecule has 0 aliphatic heterocycles. The molecule has 108 valence electrons. The van der Waals surface area contributed by atoms with E-state index in [0.717, 1.165) is 12.1 Å². The Hall–Kier alpha value is -2.69. The number of hydrogen-bond acceptors (Lipinski definition) is 2. The molecule has 2 rings (SSSR count). The highest BCUT2D eigenvalue weighted by Crippen LogP contribution is 2.36. The van der Waals surface area contributed by atoms with Crippen molar-refractivity contribution < 1.29 is 24.2 Å². The van der Waals surface area contributed by atoms with Gasteiger partial charge in [0.25, 0.3) is 0 Å². The van der Waals surface area contributed by atoms with E-state index in [1.54, 1.807) is 30.3 Å². The monoisotopic (exact) mass is 288 g/mol. The maximum atomic E-state index is 13.1. The average molecular weight is 288 g/mol. The maximum Gasteiger partial charge on any atom is 0.319 e. The first-order chi connectivity index (χ1) is 9.96. The molecule has 0 fully saturated rings. The topological polar surface area (TPSA) is 74.6 Å². The third-order valence-corrected chi connectivity index (χ3v) is 3.39. The first-order valence-corrected chi connectivity index (χ1v) is 6.23. The molecule has 0 heterocycles. The van der Waals surface area contributed by atoms with E-state index in [4.69, 9.17) is 5.11 Å². The fraction of sp³-hybridized carbons (Fsp3) is 0.125. The fourth-order valence-electron chi connectivity index (χ4n) is 2.38. The molecule has 0 saturated carbocycles. The summed E-state index contributed by atoms with van der Waals surface area (Å²) in [5.74, 6) is -3.05. The zero-order chi connectivity index (χ0) is 15.5. The minimum Gasteiger partial charge on any atom is -0.481 e. The Morgan fingerprint density at radius 1 is 0.905 bits per heavy atom. The molecule has 0 aliphatic carbocycles. The maximum absolute atomic E-state index is 13.1. The second kappa shape index (κ2) is 5.75. The zero-order valence-electron chi connectivity index (χ0n) is 11.0. The summed E-state index contributed by atoms with van der Waals surface area (Å²) in [6.45, 7) is 0. The van der Waals surface area contributed by atoms with Crippen LogP contribution >= 0.6 is 0 Å². The predicted octanol–water partition coefficient (Wildman–Crippen LogP) is 2.67. The molecule has 0 saturated heterocycles. The number of carboxylic acids is 2. The smallest absolute Gasteiger partial charge is 0.319 e. The van der Waals surface area contributed by atoms with Gasteiger partial charge in [0.1, 0.15) is 11.2 Å². The largest absolute Gasteiger partial charge is 0.481 e. The van der Waals surface area contributed by atoms with E-state index in [1.807, 2.05) is 0 Å². The van der Waals surface area contributed by atoms with Crippen LogP contribution < -0.4 is 0 Å². The summed E-state index contributed by atoms with van der Waals surface area (Å²) in [6.07, 6.45) is -0.627. The van der Waals surface area contributed by atoms with Crippen LogP contribution in [0, 0.1) is 5.82 Å². The van der Waals surface area contributed by atoms with Gasteiger partial charge in [-0.3, -0.25) is 9.59 Å². The highest BCUT2D eigenvalue weighted by Gasteiger charge is 2.44. The second-order valence-electron chi connectivity index (χ2n) is 4.65. The second-order valence-corrected chi connectivity index (χ2v) is 4.65. The van der Waals surface area contributed by atoms with Gasteiger partial charge in [-0.25, -0.2) is 4.39 Å². The van der Waals surface area contributed by atoms with Crippen LogP contribution in [0.5, 0.6) is 0 Å². The van der Waals surface area contributed by atoms with Crippen molar-refractivity contribution in [3.8, 4) is 0 Å². The molecule has 4 nitrogen and oxygen atoms in total. The summed E-state index contributed by atoms with van der Waals surface area (Å²) in [5, 5.41) is 18.8. The molecule has 2 aromatic carbocycles. The quantitative estimate of drug-likeness (QED) is 0.887. The van der Waals surface area contributed by atoms with E-state index in [0.29, 0.717) is 5.56 Å². The molecular weight excluding hydrogens is 275 g/mol. The van der Waals surface area contributed by atoms with Crippen molar-refractivity contribution >= 4 is 11.9 Å². The van der Waals surface area contributed by atoms with Crippen LogP contribution in [0.15, 0.2) is 54.6 Å². The molecule has 0 radical (unpaired) electrons.